The number of benzene rings is 2. The van der Waals surface area contributed by atoms with Crippen LogP contribution in [0.3, 0.4) is 0 Å². The summed E-state index contributed by atoms with van der Waals surface area (Å²) in [5.74, 6) is -1.07. The van der Waals surface area contributed by atoms with Gasteiger partial charge in [-0.25, -0.2) is 9.18 Å². The van der Waals surface area contributed by atoms with Crippen molar-refractivity contribution < 1.29 is 28.6 Å². The number of nitrogens with one attached hydrogen (secondary N) is 1. The van der Waals surface area contributed by atoms with Gasteiger partial charge in [0.05, 0.1) is 5.56 Å². The highest BCUT2D eigenvalue weighted by atomic mass is 19.1. The molecule has 0 bridgehead atoms. The molecule has 6 nitrogen and oxygen atoms in total. The molecule has 1 aliphatic rings. The number of carboxylic acids is 1. The summed E-state index contributed by atoms with van der Waals surface area (Å²) in [5, 5.41) is 12.1. The first-order valence-corrected chi connectivity index (χ1v) is 8.52. The fraction of sp³-hybridized carbons (Fsp3) is 0.300. The van der Waals surface area contributed by atoms with Gasteiger partial charge >= 0.3 is 5.97 Å². The maximum Gasteiger partial charge on any atom is 0.335 e. The Labute approximate surface area is 155 Å². The second-order valence-corrected chi connectivity index (χ2v) is 6.37. The molecule has 0 heterocycles. The number of carbonyl (C=O) groups excluding carboxylic acids is 1. The maximum atomic E-state index is 13.4. The largest absolute Gasteiger partial charge is 0.478 e. The van der Waals surface area contributed by atoms with Crippen LogP contribution >= 0.6 is 0 Å². The maximum absolute atomic E-state index is 13.4. The summed E-state index contributed by atoms with van der Waals surface area (Å²) in [6, 6.07) is 9.35. The molecule has 0 aliphatic heterocycles. The highest BCUT2D eigenvalue weighted by Gasteiger charge is 2.24. The summed E-state index contributed by atoms with van der Waals surface area (Å²) in [6.07, 6.45) is 1.90. The molecule has 2 aromatic rings. The number of ether oxygens (including phenoxy) is 2. The molecule has 142 valence electrons. The third-order valence-corrected chi connectivity index (χ3v) is 4.19. The lowest BCUT2D eigenvalue weighted by Crippen LogP contribution is -2.25. The third kappa shape index (κ3) is 4.62. The van der Waals surface area contributed by atoms with Gasteiger partial charge in [-0.3, -0.25) is 4.79 Å². The van der Waals surface area contributed by atoms with Gasteiger partial charge in [0.1, 0.15) is 12.4 Å². The van der Waals surface area contributed by atoms with Crippen molar-refractivity contribution in [3.8, 4) is 16.9 Å². The average Bonchev–Trinajstić information content (AvgIpc) is 3.49. The molecule has 27 heavy (non-hydrogen) atoms. The standard InChI is InChI=1S/C20H20FNO5/c1-26-11-27-18-9-13(20(24)25)2-5-17(18)14-6-12(10-21)7-15(8-14)19(23)22-16-3-4-16/h2,5-9,16H,3-4,10-11H2,1H3,(H,22,23)(H,24,25). The predicted octanol–water partition coefficient (Wildman–Crippen LogP) is 3.40. The number of halogens is 1. The van der Waals surface area contributed by atoms with Crippen LogP contribution in [0.2, 0.25) is 0 Å². The summed E-state index contributed by atoms with van der Waals surface area (Å²) in [7, 11) is 1.45. The van der Waals surface area contributed by atoms with Crippen LogP contribution in [-0.4, -0.2) is 36.9 Å². The summed E-state index contributed by atoms with van der Waals surface area (Å²) >= 11 is 0. The van der Waals surface area contributed by atoms with E-state index in [4.69, 9.17) is 9.47 Å². The molecule has 0 atom stereocenters. The number of aromatic carboxylic acids is 1. The van der Waals surface area contributed by atoms with Crippen molar-refractivity contribution in [2.24, 2.45) is 0 Å². The zero-order chi connectivity index (χ0) is 19.4. The van der Waals surface area contributed by atoms with E-state index in [1.165, 1.54) is 25.3 Å². The molecular formula is C20H20FNO5. The zero-order valence-corrected chi connectivity index (χ0v) is 14.8. The highest BCUT2D eigenvalue weighted by Crippen LogP contribution is 2.33. The molecule has 1 saturated carbocycles. The van der Waals surface area contributed by atoms with E-state index in [9.17, 15) is 19.1 Å². The number of alkyl halides is 1. The minimum atomic E-state index is -1.09. The molecule has 1 aliphatic carbocycles. The number of amides is 1. The quantitative estimate of drug-likeness (QED) is 0.693. The van der Waals surface area contributed by atoms with Crippen LogP contribution in [0.1, 0.15) is 39.1 Å². The Morgan fingerprint density at radius 1 is 1.19 bits per heavy atom. The first-order chi connectivity index (χ1) is 13.0. The summed E-state index contributed by atoms with van der Waals surface area (Å²) in [5.41, 5.74) is 1.88. The molecule has 7 heteroatoms. The number of methoxy groups -OCH3 is 1. The van der Waals surface area contributed by atoms with E-state index < -0.39 is 12.6 Å². The Bertz CT molecular complexity index is 863. The summed E-state index contributed by atoms with van der Waals surface area (Å²) in [6.45, 7) is -0.799. The zero-order valence-electron chi connectivity index (χ0n) is 14.8. The third-order valence-electron chi connectivity index (χ3n) is 4.19. The molecule has 3 rings (SSSR count). The van der Waals surface area contributed by atoms with Crippen molar-refractivity contribution >= 4 is 11.9 Å². The fourth-order valence-corrected chi connectivity index (χ4v) is 2.69. The van der Waals surface area contributed by atoms with E-state index in [0.717, 1.165) is 12.8 Å². The van der Waals surface area contributed by atoms with Crippen molar-refractivity contribution in [1.82, 2.24) is 5.32 Å². The molecule has 0 unspecified atom stereocenters. The number of carboxylic acid groups (broad SMARTS) is 1. The Morgan fingerprint density at radius 2 is 1.96 bits per heavy atom. The van der Waals surface area contributed by atoms with Gasteiger partial charge in [0.2, 0.25) is 0 Å². The van der Waals surface area contributed by atoms with Gasteiger partial charge in [0, 0.05) is 24.3 Å². The van der Waals surface area contributed by atoms with E-state index in [2.05, 4.69) is 5.32 Å². The second-order valence-electron chi connectivity index (χ2n) is 6.37. The van der Waals surface area contributed by atoms with Gasteiger partial charge < -0.3 is 19.9 Å². The Kier molecular flexibility index (Phi) is 5.71. The van der Waals surface area contributed by atoms with Gasteiger partial charge in [-0.2, -0.15) is 0 Å². The van der Waals surface area contributed by atoms with Crippen molar-refractivity contribution in [3.63, 3.8) is 0 Å². The monoisotopic (exact) mass is 373 g/mol. The van der Waals surface area contributed by atoms with Gasteiger partial charge in [-0.05, 0) is 60.4 Å². The van der Waals surface area contributed by atoms with Crippen LogP contribution in [0.15, 0.2) is 36.4 Å². The van der Waals surface area contributed by atoms with Crippen LogP contribution in [0.25, 0.3) is 11.1 Å². The molecule has 2 aromatic carbocycles. The first-order valence-electron chi connectivity index (χ1n) is 8.52. The van der Waals surface area contributed by atoms with E-state index >= 15 is 0 Å². The smallest absolute Gasteiger partial charge is 0.335 e. The first kappa shape index (κ1) is 18.8. The normalized spacial score (nSPS) is 13.3. The minimum Gasteiger partial charge on any atom is -0.478 e. The molecule has 2 N–H and O–H groups in total. The molecular weight excluding hydrogens is 353 g/mol. The molecule has 0 spiro atoms. The molecule has 0 aromatic heterocycles. The molecule has 0 saturated heterocycles. The number of carbonyl (C=O) groups is 2. The lowest BCUT2D eigenvalue weighted by Gasteiger charge is -2.14. The Balaban J connectivity index is 2.02. The lowest BCUT2D eigenvalue weighted by molar-refractivity contribution is 0.0511. The summed E-state index contributed by atoms with van der Waals surface area (Å²) in [4.78, 5) is 23.6. The van der Waals surface area contributed by atoms with Gasteiger partial charge in [0.25, 0.3) is 5.91 Å². The van der Waals surface area contributed by atoms with Crippen molar-refractivity contribution in [1.29, 1.82) is 0 Å². The topological polar surface area (TPSA) is 84.9 Å². The predicted molar refractivity (Wildman–Crippen MR) is 96.6 cm³/mol. The highest BCUT2D eigenvalue weighted by molar-refractivity contribution is 5.96. The van der Waals surface area contributed by atoms with Crippen LogP contribution in [0.5, 0.6) is 5.75 Å². The van der Waals surface area contributed by atoms with Crippen LogP contribution in [0.4, 0.5) is 4.39 Å². The minimum absolute atomic E-state index is 0.0539. The number of hydrogen-bond donors (Lipinski definition) is 2. The van der Waals surface area contributed by atoms with E-state index in [1.807, 2.05) is 0 Å². The van der Waals surface area contributed by atoms with Gasteiger partial charge in [-0.1, -0.05) is 0 Å². The van der Waals surface area contributed by atoms with Crippen molar-refractivity contribution in [2.45, 2.75) is 25.6 Å². The van der Waals surface area contributed by atoms with Crippen molar-refractivity contribution in [3.05, 3.63) is 53.1 Å². The van der Waals surface area contributed by atoms with Gasteiger partial charge in [-0.15, -0.1) is 0 Å². The molecule has 0 radical (unpaired) electrons. The summed E-state index contributed by atoms with van der Waals surface area (Å²) < 4.78 is 23.8. The average molecular weight is 373 g/mol. The van der Waals surface area contributed by atoms with E-state index in [1.54, 1.807) is 18.2 Å². The Morgan fingerprint density at radius 3 is 2.59 bits per heavy atom. The van der Waals surface area contributed by atoms with Crippen LogP contribution < -0.4 is 10.1 Å². The van der Waals surface area contributed by atoms with E-state index in [0.29, 0.717) is 22.3 Å². The fourth-order valence-electron chi connectivity index (χ4n) is 2.69. The SMILES string of the molecule is COCOc1cc(C(=O)O)ccc1-c1cc(CF)cc(C(=O)NC2CC2)c1. The van der Waals surface area contributed by atoms with Gasteiger partial charge in [0.15, 0.2) is 6.79 Å². The Hall–Kier alpha value is -2.93. The van der Waals surface area contributed by atoms with Crippen LogP contribution in [0, 0.1) is 0 Å². The molecule has 1 fully saturated rings. The number of rotatable bonds is 8. The second kappa shape index (κ2) is 8.18. The van der Waals surface area contributed by atoms with Crippen molar-refractivity contribution in [2.75, 3.05) is 13.9 Å². The molecule has 1 amide bonds. The van der Waals surface area contributed by atoms with E-state index in [-0.39, 0.29) is 30.1 Å². The van der Waals surface area contributed by atoms with Crippen LogP contribution in [-0.2, 0) is 11.4 Å². The lowest BCUT2D eigenvalue weighted by atomic mass is 9.97. The number of hydrogen-bond acceptors (Lipinski definition) is 4.